The molecule has 2 fully saturated rings. The molecule has 2 aliphatic rings. The fraction of sp³-hybridized carbons (Fsp3) is 0.667. The number of piperidine rings is 1. The Kier molecular flexibility index (Phi) is 5.00. The van der Waals surface area contributed by atoms with Crippen LogP contribution in [0.2, 0.25) is 0 Å². The minimum atomic E-state index is -4.60. The van der Waals surface area contributed by atoms with E-state index >= 15 is 0 Å². The molecule has 0 N–H and O–H groups in total. The van der Waals surface area contributed by atoms with E-state index in [4.69, 9.17) is 4.74 Å². The van der Waals surface area contributed by atoms with Gasteiger partial charge in [0, 0.05) is 38.7 Å². The monoisotopic (exact) mass is 380 g/mol. The summed E-state index contributed by atoms with van der Waals surface area (Å²) in [6.07, 6.45) is -5.37. The molecule has 0 aliphatic carbocycles. The minimum Gasteiger partial charge on any atom is -0.365 e. The van der Waals surface area contributed by atoms with Crippen molar-refractivity contribution >= 4 is 11.9 Å². The molecule has 0 spiro atoms. The molecule has 3 rings (SSSR count). The van der Waals surface area contributed by atoms with Gasteiger partial charge in [0.2, 0.25) is 5.95 Å². The highest BCUT2D eigenvalue weighted by molar-refractivity contribution is 5.82. The second-order valence-electron chi connectivity index (χ2n) is 6.23. The fourth-order valence-corrected chi connectivity index (χ4v) is 2.90. The van der Waals surface area contributed by atoms with Crippen LogP contribution in [0.3, 0.4) is 0 Å². The molecule has 2 aliphatic heterocycles. The van der Waals surface area contributed by atoms with E-state index in [-0.39, 0.29) is 38.7 Å². The van der Waals surface area contributed by atoms with Crippen LogP contribution in [-0.4, -0.2) is 65.6 Å². The fourth-order valence-electron chi connectivity index (χ4n) is 2.90. The van der Waals surface area contributed by atoms with Gasteiger partial charge in [0.1, 0.15) is 5.69 Å². The molecule has 0 bridgehead atoms. The quantitative estimate of drug-likeness (QED) is 0.735. The van der Waals surface area contributed by atoms with Gasteiger partial charge >= 0.3 is 6.18 Å². The number of amides is 1. The van der Waals surface area contributed by atoms with Crippen LogP contribution >= 0.6 is 0 Å². The lowest BCUT2D eigenvalue weighted by Crippen LogP contribution is -2.54. The maximum Gasteiger partial charge on any atom is 0.433 e. The molecule has 3 heterocycles. The molecule has 1 amide bonds. The molecule has 1 unspecified atom stereocenters. The summed E-state index contributed by atoms with van der Waals surface area (Å²) >= 11 is 0. The Hall–Kier alpha value is -2.04. The zero-order valence-corrected chi connectivity index (χ0v) is 13.7. The van der Waals surface area contributed by atoms with E-state index in [1.807, 2.05) is 0 Å². The van der Waals surface area contributed by atoms with Crippen molar-refractivity contribution in [2.45, 2.75) is 31.0 Å². The summed E-state index contributed by atoms with van der Waals surface area (Å²) in [4.78, 5) is 22.6. The number of ether oxygens (including phenoxy) is 1. The molecule has 11 heteroatoms. The van der Waals surface area contributed by atoms with Gasteiger partial charge in [0.15, 0.2) is 6.10 Å². The number of nitrogens with zero attached hydrogens (tertiary/aromatic N) is 4. The number of anilines is 1. The lowest BCUT2D eigenvalue weighted by Gasteiger charge is -2.37. The second kappa shape index (κ2) is 6.93. The molecule has 26 heavy (non-hydrogen) atoms. The van der Waals surface area contributed by atoms with Gasteiger partial charge in [0.25, 0.3) is 11.8 Å². The van der Waals surface area contributed by atoms with Crippen molar-refractivity contribution in [1.29, 1.82) is 0 Å². The molecule has 144 valence electrons. The third kappa shape index (κ3) is 4.19. The van der Waals surface area contributed by atoms with Gasteiger partial charge in [-0.05, 0) is 6.07 Å². The Bertz CT molecular complexity index is 660. The lowest BCUT2D eigenvalue weighted by atomic mass is 10.1. The minimum absolute atomic E-state index is 0.0347. The van der Waals surface area contributed by atoms with E-state index in [0.717, 1.165) is 12.3 Å². The van der Waals surface area contributed by atoms with E-state index < -0.39 is 42.6 Å². The first-order valence-corrected chi connectivity index (χ1v) is 8.09. The smallest absolute Gasteiger partial charge is 0.365 e. The van der Waals surface area contributed by atoms with E-state index in [1.54, 1.807) is 0 Å². The van der Waals surface area contributed by atoms with Crippen LogP contribution in [-0.2, 0) is 15.7 Å². The Labute approximate surface area is 145 Å². The zero-order valence-electron chi connectivity index (χ0n) is 13.7. The summed E-state index contributed by atoms with van der Waals surface area (Å²) in [7, 11) is 0. The van der Waals surface area contributed by atoms with Crippen molar-refractivity contribution in [2.24, 2.45) is 0 Å². The summed E-state index contributed by atoms with van der Waals surface area (Å²) in [6.45, 7) is 0.133. The number of halogens is 5. The molecular formula is C15H17F5N4O2. The van der Waals surface area contributed by atoms with Crippen LogP contribution < -0.4 is 4.90 Å². The maximum atomic E-state index is 13.2. The zero-order chi connectivity index (χ0) is 18.9. The van der Waals surface area contributed by atoms with Crippen LogP contribution in [0.15, 0.2) is 12.3 Å². The highest BCUT2D eigenvalue weighted by Crippen LogP contribution is 2.30. The van der Waals surface area contributed by atoms with E-state index in [1.165, 1.54) is 9.80 Å². The summed E-state index contributed by atoms with van der Waals surface area (Å²) in [5.74, 6) is -3.37. The SMILES string of the molecule is O=C(C1CN(c2nccc(C(F)(F)F)n2)CCO1)N1CCC(F)(F)CC1. The number of morpholine rings is 1. The first-order chi connectivity index (χ1) is 12.2. The van der Waals surface area contributed by atoms with Crippen LogP contribution in [0, 0.1) is 0 Å². The molecule has 1 aromatic rings. The molecule has 0 radical (unpaired) electrons. The number of alkyl halides is 5. The summed E-state index contributed by atoms with van der Waals surface area (Å²) in [6, 6.07) is 0.764. The molecule has 0 saturated carbocycles. The molecule has 1 atom stereocenters. The van der Waals surface area contributed by atoms with Gasteiger partial charge < -0.3 is 14.5 Å². The Morgan fingerprint density at radius 2 is 1.92 bits per heavy atom. The van der Waals surface area contributed by atoms with Gasteiger partial charge in [-0.1, -0.05) is 0 Å². The van der Waals surface area contributed by atoms with Crippen LogP contribution in [0.4, 0.5) is 27.9 Å². The van der Waals surface area contributed by atoms with Crippen LogP contribution in [0.25, 0.3) is 0 Å². The van der Waals surface area contributed by atoms with E-state index in [2.05, 4.69) is 9.97 Å². The summed E-state index contributed by atoms with van der Waals surface area (Å²) < 4.78 is 70.2. The van der Waals surface area contributed by atoms with Crippen molar-refractivity contribution in [3.05, 3.63) is 18.0 Å². The van der Waals surface area contributed by atoms with Crippen molar-refractivity contribution in [2.75, 3.05) is 37.7 Å². The standard InChI is InChI=1S/C15H17F5N4O2/c16-14(17)2-5-23(6-3-14)12(25)10-9-24(7-8-26-10)13-21-4-1-11(22-13)15(18,19)20/h1,4,10H,2-3,5-9H2. The number of hydrogen-bond donors (Lipinski definition) is 0. The number of likely N-dealkylation sites (tertiary alicyclic amines) is 1. The second-order valence-corrected chi connectivity index (χ2v) is 6.23. The van der Waals surface area contributed by atoms with Gasteiger partial charge in [-0.3, -0.25) is 4.79 Å². The number of rotatable bonds is 2. The number of aromatic nitrogens is 2. The van der Waals surface area contributed by atoms with Crippen LogP contribution in [0.5, 0.6) is 0 Å². The van der Waals surface area contributed by atoms with Crippen molar-refractivity contribution in [3.63, 3.8) is 0 Å². The Balaban J connectivity index is 1.67. The third-order valence-corrected chi connectivity index (χ3v) is 4.36. The van der Waals surface area contributed by atoms with Gasteiger partial charge in [-0.25, -0.2) is 18.7 Å². The van der Waals surface area contributed by atoms with Gasteiger partial charge in [-0.2, -0.15) is 13.2 Å². The molecule has 0 aromatic carbocycles. The van der Waals surface area contributed by atoms with Gasteiger partial charge in [0.05, 0.1) is 13.2 Å². The van der Waals surface area contributed by atoms with Gasteiger partial charge in [-0.15, -0.1) is 0 Å². The first kappa shape index (κ1) is 18.7. The van der Waals surface area contributed by atoms with E-state index in [0.29, 0.717) is 0 Å². The predicted octanol–water partition coefficient (Wildman–Crippen LogP) is 1.96. The van der Waals surface area contributed by atoms with E-state index in [9.17, 15) is 26.7 Å². The number of carbonyl (C=O) groups is 1. The summed E-state index contributed by atoms with van der Waals surface area (Å²) in [5.41, 5.74) is -1.07. The van der Waals surface area contributed by atoms with Crippen molar-refractivity contribution in [1.82, 2.24) is 14.9 Å². The largest absolute Gasteiger partial charge is 0.433 e. The molecule has 6 nitrogen and oxygen atoms in total. The lowest BCUT2D eigenvalue weighted by molar-refractivity contribution is -0.150. The molecule has 2 saturated heterocycles. The summed E-state index contributed by atoms with van der Waals surface area (Å²) in [5, 5.41) is 0. The average molecular weight is 380 g/mol. The molecule has 1 aromatic heterocycles. The Morgan fingerprint density at radius 3 is 2.58 bits per heavy atom. The molecular weight excluding hydrogens is 363 g/mol. The maximum absolute atomic E-state index is 13.2. The predicted molar refractivity (Wildman–Crippen MR) is 79.7 cm³/mol. The topological polar surface area (TPSA) is 58.6 Å². The number of carbonyl (C=O) groups excluding carboxylic acids is 1. The Morgan fingerprint density at radius 1 is 1.23 bits per heavy atom. The normalized spacial score (nSPS) is 23.8. The highest BCUT2D eigenvalue weighted by atomic mass is 19.4. The highest BCUT2D eigenvalue weighted by Gasteiger charge is 2.39. The van der Waals surface area contributed by atoms with Crippen molar-refractivity contribution < 1.29 is 31.5 Å². The third-order valence-electron chi connectivity index (χ3n) is 4.36. The first-order valence-electron chi connectivity index (χ1n) is 8.09. The van der Waals surface area contributed by atoms with Crippen molar-refractivity contribution in [3.8, 4) is 0 Å². The van der Waals surface area contributed by atoms with Crippen LogP contribution in [0.1, 0.15) is 18.5 Å². The average Bonchev–Trinajstić information content (AvgIpc) is 2.61. The number of hydrogen-bond acceptors (Lipinski definition) is 5.